The molecule has 0 radical (unpaired) electrons. The number of benzene rings is 1. The average molecular weight is 340 g/mol. The number of allylic oxidation sites excluding steroid dienone is 1. The molecule has 0 bridgehead atoms. The summed E-state index contributed by atoms with van der Waals surface area (Å²) in [7, 11) is 0. The van der Waals surface area contributed by atoms with E-state index in [0.717, 1.165) is 15.6 Å². The van der Waals surface area contributed by atoms with Gasteiger partial charge < -0.3 is 0 Å². The average Bonchev–Trinajstić information content (AvgIpc) is 2.74. The van der Waals surface area contributed by atoms with Gasteiger partial charge in [0, 0.05) is 16.3 Å². The first-order chi connectivity index (χ1) is 7.35. The fourth-order valence-corrected chi connectivity index (χ4v) is 3.58. The van der Waals surface area contributed by atoms with Crippen LogP contribution in [0.2, 0.25) is 5.02 Å². The number of hydrogen-bond donors (Lipinski definition) is 0. The summed E-state index contributed by atoms with van der Waals surface area (Å²) >= 11 is 21.8. The third-order valence-electron chi connectivity index (χ3n) is 2.89. The van der Waals surface area contributed by atoms with Crippen molar-refractivity contribution in [3.8, 4) is 0 Å². The van der Waals surface area contributed by atoms with Crippen molar-refractivity contribution in [2.24, 2.45) is 5.92 Å². The Labute approximate surface area is 119 Å². The molecule has 0 spiro atoms. The van der Waals surface area contributed by atoms with Crippen molar-refractivity contribution in [2.75, 3.05) is 0 Å². The molecule has 1 fully saturated rings. The fraction of sp³-hybridized carbons (Fsp3) is 0.333. The van der Waals surface area contributed by atoms with Crippen molar-refractivity contribution in [2.45, 2.75) is 17.2 Å². The number of hydrogen-bond acceptors (Lipinski definition) is 0. The zero-order valence-electron chi connectivity index (χ0n) is 8.61. The molecule has 4 heteroatoms. The van der Waals surface area contributed by atoms with Gasteiger partial charge in [-0.2, -0.15) is 0 Å². The van der Waals surface area contributed by atoms with Crippen LogP contribution in [0.3, 0.4) is 0 Å². The van der Waals surface area contributed by atoms with Crippen LogP contribution < -0.4 is 0 Å². The molecule has 1 aromatic carbocycles. The summed E-state index contributed by atoms with van der Waals surface area (Å²) < 4.78 is 0.141. The number of rotatable bonds is 2. The van der Waals surface area contributed by atoms with E-state index in [-0.39, 0.29) is 11.8 Å². The Morgan fingerprint density at radius 1 is 1.44 bits per heavy atom. The van der Waals surface area contributed by atoms with Crippen molar-refractivity contribution < 1.29 is 0 Å². The summed E-state index contributed by atoms with van der Waals surface area (Å²) in [5.74, 6) is 0.241. The molecule has 0 aliphatic heterocycles. The maximum absolute atomic E-state index is 6.25. The molecule has 0 amide bonds. The van der Waals surface area contributed by atoms with E-state index < -0.39 is 4.33 Å². The van der Waals surface area contributed by atoms with Gasteiger partial charge in [-0.15, -0.1) is 23.2 Å². The summed E-state index contributed by atoms with van der Waals surface area (Å²) in [5.41, 5.74) is 2.11. The van der Waals surface area contributed by atoms with Crippen molar-refractivity contribution in [1.82, 2.24) is 0 Å². The molecule has 1 aliphatic carbocycles. The largest absolute Gasteiger partial charge is 0.132 e. The zero-order valence-corrected chi connectivity index (χ0v) is 12.5. The van der Waals surface area contributed by atoms with Crippen LogP contribution in [0.1, 0.15) is 18.4 Å². The van der Waals surface area contributed by atoms with Crippen LogP contribution in [0, 0.1) is 5.92 Å². The lowest BCUT2D eigenvalue weighted by Crippen LogP contribution is -1.90. The molecule has 16 heavy (non-hydrogen) atoms. The van der Waals surface area contributed by atoms with E-state index in [1.807, 2.05) is 25.1 Å². The second-order valence-corrected chi connectivity index (χ2v) is 6.86. The fourth-order valence-electron chi connectivity index (χ4n) is 2.06. The van der Waals surface area contributed by atoms with Gasteiger partial charge in [-0.05, 0) is 40.5 Å². The lowest BCUT2D eigenvalue weighted by molar-refractivity contribution is 0.941. The van der Waals surface area contributed by atoms with E-state index in [0.29, 0.717) is 5.02 Å². The Morgan fingerprint density at radius 3 is 2.50 bits per heavy atom. The molecule has 2 rings (SSSR count). The van der Waals surface area contributed by atoms with Crippen LogP contribution in [-0.4, -0.2) is 4.33 Å². The molecule has 0 nitrogen and oxygen atoms in total. The molecule has 0 N–H and O–H groups in total. The highest BCUT2D eigenvalue weighted by molar-refractivity contribution is 9.10. The molecule has 0 aromatic heterocycles. The predicted octanol–water partition coefficient (Wildman–Crippen LogP) is 5.57. The quantitative estimate of drug-likeness (QED) is 0.488. The second kappa shape index (κ2) is 4.20. The highest BCUT2D eigenvalue weighted by Crippen LogP contribution is 2.67. The van der Waals surface area contributed by atoms with E-state index >= 15 is 0 Å². The van der Waals surface area contributed by atoms with Crippen LogP contribution in [0.15, 0.2) is 34.8 Å². The van der Waals surface area contributed by atoms with Gasteiger partial charge in [-0.3, -0.25) is 0 Å². The van der Waals surface area contributed by atoms with Gasteiger partial charge in [0.25, 0.3) is 0 Å². The van der Waals surface area contributed by atoms with Crippen molar-refractivity contribution in [1.29, 1.82) is 0 Å². The predicted molar refractivity (Wildman–Crippen MR) is 74.6 cm³/mol. The molecule has 0 heterocycles. The summed E-state index contributed by atoms with van der Waals surface area (Å²) in [6, 6.07) is 5.77. The molecular formula is C12H10BrCl3. The van der Waals surface area contributed by atoms with Gasteiger partial charge in [0.05, 0.1) is 5.02 Å². The summed E-state index contributed by atoms with van der Waals surface area (Å²) in [5, 5.41) is 0.686. The number of alkyl halides is 2. The maximum Gasteiger partial charge on any atom is 0.132 e. The first-order valence-corrected chi connectivity index (χ1v) is 6.76. The van der Waals surface area contributed by atoms with Gasteiger partial charge in [-0.25, -0.2) is 0 Å². The molecular weight excluding hydrogens is 330 g/mol. The highest BCUT2D eigenvalue weighted by Gasteiger charge is 2.63. The Kier molecular flexibility index (Phi) is 3.35. The summed E-state index contributed by atoms with van der Waals surface area (Å²) in [6.45, 7) is 5.88. The third-order valence-corrected chi connectivity index (χ3v) is 5.04. The smallest absolute Gasteiger partial charge is 0.100 e. The van der Waals surface area contributed by atoms with Gasteiger partial charge in [-0.1, -0.05) is 29.8 Å². The minimum absolute atomic E-state index is 0.113. The normalized spacial score (nSPS) is 26.6. The molecule has 1 aromatic rings. The van der Waals surface area contributed by atoms with Crippen LogP contribution in [0.5, 0.6) is 0 Å². The Bertz CT molecular complexity index is 454. The summed E-state index contributed by atoms with van der Waals surface area (Å²) in [4.78, 5) is 0. The molecule has 0 saturated heterocycles. The van der Waals surface area contributed by atoms with Crippen LogP contribution >= 0.6 is 50.7 Å². The Balaban J connectivity index is 2.33. The van der Waals surface area contributed by atoms with Gasteiger partial charge in [0.2, 0.25) is 0 Å². The van der Waals surface area contributed by atoms with E-state index in [1.54, 1.807) is 0 Å². The van der Waals surface area contributed by atoms with Crippen LogP contribution in [0.25, 0.3) is 0 Å². The van der Waals surface area contributed by atoms with Crippen molar-refractivity contribution in [3.63, 3.8) is 0 Å². The van der Waals surface area contributed by atoms with Crippen molar-refractivity contribution in [3.05, 3.63) is 45.4 Å². The highest BCUT2D eigenvalue weighted by atomic mass is 79.9. The SMILES string of the molecule is C=C(C)C1C(c2ccc(Cl)c(Br)c2)C1(Cl)Cl. The minimum Gasteiger partial charge on any atom is -0.100 e. The lowest BCUT2D eigenvalue weighted by atomic mass is 10.1. The van der Waals surface area contributed by atoms with E-state index in [1.165, 1.54) is 0 Å². The van der Waals surface area contributed by atoms with Gasteiger partial charge in [0.1, 0.15) is 4.33 Å². The Hall–Kier alpha value is 0.310. The van der Waals surface area contributed by atoms with Gasteiger partial charge in [0.15, 0.2) is 0 Å². The molecule has 2 unspecified atom stereocenters. The topological polar surface area (TPSA) is 0 Å². The lowest BCUT2D eigenvalue weighted by Gasteiger charge is -2.02. The van der Waals surface area contributed by atoms with Crippen LogP contribution in [0.4, 0.5) is 0 Å². The summed E-state index contributed by atoms with van der Waals surface area (Å²) in [6.07, 6.45) is 0. The molecule has 1 aliphatic rings. The first kappa shape index (κ1) is 12.8. The van der Waals surface area contributed by atoms with E-state index in [9.17, 15) is 0 Å². The van der Waals surface area contributed by atoms with Gasteiger partial charge >= 0.3 is 0 Å². The third kappa shape index (κ3) is 2.03. The zero-order chi connectivity index (χ0) is 12.1. The monoisotopic (exact) mass is 338 g/mol. The number of halogens is 4. The standard InChI is InChI=1S/C12H10BrCl3/c1-6(2)10-11(12(10,15)16)7-3-4-9(14)8(13)5-7/h3-5,10-11H,1H2,2H3. The molecule has 2 atom stereocenters. The molecule has 1 saturated carbocycles. The van der Waals surface area contributed by atoms with E-state index in [4.69, 9.17) is 34.8 Å². The Morgan fingerprint density at radius 2 is 2.06 bits per heavy atom. The van der Waals surface area contributed by atoms with E-state index in [2.05, 4.69) is 22.5 Å². The minimum atomic E-state index is -0.723. The maximum atomic E-state index is 6.25. The van der Waals surface area contributed by atoms with Crippen molar-refractivity contribution >= 4 is 50.7 Å². The second-order valence-electron chi connectivity index (χ2n) is 4.15. The van der Waals surface area contributed by atoms with Crippen LogP contribution in [-0.2, 0) is 0 Å². The molecule has 86 valence electrons. The first-order valence-electron chi connectivity index (χ1n) is 4.84.